The van der Waals surface area contributed by atoms with Crippen molar-refractivity contribution in [2.75, 3.05) is 24.6 Å². The number of rotatable bonds is 3. The van der Waals surface area contributed by atoms with E-state index in [-0.39, 0.29) is 18.3 Å². The number of benzene rings is 2. The second kappa shape index (κ2) is 8.43. The number of halogens is 1. The largest absolute Gasteiger partial charge is 0.337 e. The number of aromatic amines is 1. The number of hydrogen-bond acceptors (Lipinski definition) is 3. The molecule has 1 amide bonds. The minimum atomic E-state index is 0. The molecular weight excluding hydrogens is 366 g/mol. The number of fused-ring (bicyclic) bond motifs is 1. The van der Waals surface area contributed by atoms with Gasteiger partial charge in [0.15, 0.2) is 0 Å². The van der Waals surface area contributed by atoms with Crippen LogP contribution in [0.4, 0.5) is 0 Å². The van der Waals surface area contributed by atoms with Crippen LogP contribution in [0, 0.1) is 0 Å². The highest BCUT2D eigenvalue weighted by Gasteiger charge is 2.17. The Kier molecular flexibility index (Phi) is 6.01. The van der Waals surface area contributed by atoms with E-state index in [1.54, 1.807) is 0 Å². The summed E-state index contributed by atoms with van der Waals surface area (Å²) in [5, 5.41) is 8.48. The van der Waals surface area contributed by atoms with E-state index < -0.39 is 0 Å². The summed E-state index contributed by atoms with van der Waals surface area (Å²) < 4.78 is 0. The van der Waals surface area contributed by atoms with Crippen LogP contribution in [0.25, 0.3) is 23.1 Å². The number of para-hydroxylation sites is 1. The van der Waals surface area contributed by atoms with Crippen LogP contribution in [0.1, 0.15) is 21.6 Å². The first-order valence-electron chi connectivity index (χ1n) is 8.39. The van der Waals surface area contributed by atoms with Gasteiger partial charge in [0.2, 0.25) is 0 Å². The zero-order valence-corrected chi connectivity index (χ0v) is 15.9. The number of amides is 1. The van der Waals surface area contributed by atoms with Crippen LogP contribution in [0.5, 0.6) is 0 Å². The zero-order valence-electron chi connectivity index (χ0n) is 14.2. The van der Waals surface area contributed by atoms with Gasteiger partial charge in [-0.1, -0.05) is 36.4 Å². The fourth-order valence-electron chi connectivity index (χ4n) is 2.97. The molecule has 0 aliphatic carbocycles. The van der Waals surface area contributed by atoms with Gasteiger partial charge in [0.05, 0.1) is 11.2 Å². The SMILES string of the molecule is Cl.O=C(c1ccc(/C=C/c2n[nH]c3ccccc23)cc1)N1CCSCC1. The number of aromatic nitrogens is 2. The topological polar surface area (TPSA) is 49.0 Å². The first kappa shape index (κ1) is 18.5. The molecule has 2 heterocycles. The van der Waals surface area contributed by atoms with Crippen LogP contribution >= 0.6 is 24.2 Å². The predicted molar refractivity (Wildman–Crippen MR) is 112 cm³/mol. The third kappa shape index (κ3) is 3.94. The summed E-state index contributed by atoms with van der Waals surface area (Å²) >= 11 is 1.91. The molecule has 0 saturated carbocycles. The number of carbonyl (C=O) groups excluding carboxylic acids is 1. The molecule has 2 aromatic carbocycles. The van der Waals surface area contributed by atoms with Crippen LogP contribution in [0.15, 0.2) is 48.5 Å². The van der Waals surface area contributed by atoms with E-state index in [2.05, 4.69) is 16.3 Å². The number of thioether (sulfide) groups is 1. The van der Waals surface area contributed by atoms with Gasteiger partial charge in [-0.3, -0.25) is 9.89 Å². The molecule has 0 unspecified atom stereocenters. The lowest BCUT2D eigenvalue weighted by atomic mass is 10.1. The Labute approximate surface area is 163 Å². The molecule has 4 nitrogen and oxygen atoms in total. The van der Waals surface area contributed by atoms with E-state index in [0.717, 1.165) is 52.3 Å². The average molecular weight is 386 g/mol. The molecular formula is C20H20ClN3OS. The van der Waals surface area contributed by atoms with Gasteiger partial charge >= 0.3 is 0 Å². The number of carbonyl (C=O) groups is 1. The van der Waals surface area contributed by atoms with Crippen molar-refractivity contribution in [2.24, 2.45) is 0 Å². The fraction of sp³-hybridized carbons (Fsp3) is 0.200. The lowest BCUT2D eigenvalue weighted by Crippen LogP contribution is -2.37. The van der Waals surface area contributed by atoms with Crippen LogP contribution in [0.2, 0.25) is 0 Å². The van der Waals surface area contributed by atoms with Gasteiger partial charge in [-0.25, -0.2) is 0 Å². The lowest BCUT2D eigenvalue weighted by molar-refractivity contribution is 0.0772. The Morgan fingerprint density at radius 3 is 2.54 bits per heavy atom. The maximum atomic E-state index is 12.5. The predicted octanol–water partition coefficient (Wildman–Crippen LogP) is 4.34. The maximum absolute atomic E-state index is 12.5. The summed E-state index contributed by atoms with van der Waals surface area (Å²) in [6, 6.07) is 15.9. The van der Waals surface area contributed by atoms with E-state index in [1.807, 2.05) is 71.3 Å². The number of hydrogen-bond donors (Lipinski definition) is 1. The number of H-pyrrole nitrogens is 1. The van der Waals surface area contributed by atoms with Crippen LogP contribution < -0.4 is 0 Å². The Morgan fingerprint density at radius 2 is 1.77 bits per heavy atom. The molecule has 1 aliphatic rings. The summed E-state index contributed by atoms with van der Waals surface area (Å²) in [6.45, 7) is 1.69. The van der Waals surface area contributed by atoms with Crippen molar-refractivity contribution < 1.29 is 4.79 Å². The molecule has 1 N–H and O–H groups in total. The minimum absolute atomic E-state index is 0. The summed E-state index contributed by atoms with van der Waals surface area (Å²) in [7, 11) is 0. The first-order valence-corrected chi connectivity index (χ1v) is 9.55. The van der Waals surface area contributed by atoms with Gasteiger partial charge in [0.25, 0.3) is 5.91 Å². The van der Waals surface area contributed by atoms with E-state index in [1.165, 1.54) is 0 Å². The molecule has 1 aromatic heterocycles. The second-order valence-corrected chi connectivity index (χ2v) is 7.24. The molecule has 1 fully saturated rings. The van der Waals surface area contributed by atoms with Gasteiger partial charge in [-0.2, -0.15) is 16.9 Å². The van der Waals surface area contributed by atoms with Crippen molar-refractivity contribution in [1.29, 1.82) is 0 Å². The highest BCUT2D eigenvalue weighted by Crippen LogP contribution is 2.18. The van der Waals surface area contributed by atoms with Crippen LogP contribution in [-0.2, 0) is 0 Å². The Hall–Kier alpha value is -2.24. The first-order chi connectivity index (χ1) is 12.3. The number of nitrogens with zero attached hydrogens (tertiary/aromatic N) is 2. The molecule has 1 saturated heterocycles. The Balaban J connectivity index is 0.00000196. The monoisotopic (exact) mass is 385 g/mol. The van der Waals surface area contributed by atoms with E-state index in [9.17, 15) is 4.79 Å². The summed E-state index contributed by atoms with van der Waals surface area (Å²) in [4.78, 5) is 14.4. The van der Waals surface area contributed by atoms with Crippen molar-refractivity contribution in [3.63, 3.8) is 0 Å². The van der Waals surface area contributed by atoms with Crippen LogP contribution in [-0.4, -0.2) is 45.6 Å². The van der Waals surface area contributed by atoms with Crippen molar-refractivity contribution in [1.82, 2.24) is 15.1 Å². The summed E-state index contributed by atoms with van der Waals surface area (Å²) in [6.07, 6.45) is 4.02. The van der Waals surface area contributed by atoms with Crippen molar-refractivity contribution in [2.45, 2.75) is 0 Å². The fourth-order valence-corrected chi connectivity index (χ4v) is 3.88. The number of nitrogens with one attached hydrogen (secondary N) is 1. The molecule has 3 aromatic rings. The average Bonchev–Trinajstić information content (AvgIpc) is 3.10. The van der Waals surface area contributed by atoms with Gasteiger partial charge in [-0.15, -0.1) is 12.4 Å². The van der Waals surface area contributed by atoms with E-state index >= 15 is 0 Å². The third-order valence-electron chi connectivity index (χ3n) is 4.39. The molecule has 0 bridgehead atoms. The van der Waals surface area contributed by atoms with Crippen LogP contribution in [0.3, 0.4) is 0 Å². The molecule has 134 valence electrons. The van der Waals surface area contributed by atoms with Crippen molar-refractivity contribution in [3.05, 3.63) is 65.4 Å². The second-order valence-electron chi connectivity index (χ2n) is 6.01. The molecule has 0 spiro atoms. The van der Waals surface area contributed by atoms with Crippen molar-refractivity contribution >= 4 is 53.1 Å². The standard InChI is InChI=1S/C20H19N3OS.ClH/c24-20(23-11-13-25-14-12-23)16-8-5-15(6-9-16)7-10-19-17-3-1-2-4-18(17)21-22-19;/h1-10H,11-14H2,(H,21,22);1H/b10-7+;. The Morgan fingerprint density at radius 1 is 1.04 bits per heavy atom. The maximum Gasteiger partial charge on any atom is 0.253 e. The molecule has 6 heteroatoms. The van der Waals surface area contributed by atoms with Gasteiger partial charge in [0, 0.05) is 35.5 Å². The van der Waals surface area contributed by atoms with E-state index in [0.29, 0.717) is 0 Å². The Bertz CT molecular complexity index is 914. The molecule has 26 heavy (non-hydrogen) atoms. The lowest BCUT2D eigenvalue weighted by Gasteiger charge is -2.26. The normalized spacial score (nSPS) is 14.5. The van der Waals surface area contributed by atoms with Crippen molar-refractivity contribution in [3.8, 4) is 0 Å². The van der Waals surface area contributed by atoms with Gasteiger partial charge < -0.3 is 4.90 Å². The highest BCUT2D eigenvalue weighted by atomic mass is 35.5. The summed E-state index contributed by atoms with van der Waals surface area (Å²) in [5.41, 5.74) is 3.76. The minimum Gasteiger partial charge on any atom is -0.337 e. The molecule has 4 rings (SSSR count). The third-order valence-corrected chi connectivity index (χ3v) is 5.33. The molecule has 0 atom stereocenters. The quantitative estimate of drug-likeness (QED) is 0.729. The van der Waals surface area contributed by atoms with Gasteiger partial charge in [-0.05, 0) is 29.8 Å². The zero-order chi connectivity index (χ0) is 17.1. The van der Waals surface area contributed by atoms with E-state index in [4.69, 9.17) is 0 Å². The molecule has 1 aliphatic heterocycles. The molecule has 0 radical (unpaired) electrons. The summed E-state index contributed by atoms with van der Waals surface area (Å²) in [5.74, 6) is 2.20. The smallest absolute Gasteiger partial charge is 0.253 e. The van der Waals surface area contributed by atoms with Gasteiger partial charge in [0.1, 0.15) is 0 Å². The highest BCUT2D eigenvalue weighted by molar-refractivity contribution is 7.99.